The first-order chi connectivity index (χ1) is 14.9. The van der Waals surface area contributed by atoms with E-state index in [9.17, 15) is 14.9 Å². The number of morpholine rings is 1. The number of nitrogens with zero attached hydrogens (tertiary/aromatic N) is 5. The lowest BCUT2D eigenvalue weighted by Crippen LogP contribution is -2.52. The van der Waals surface area contributed by atoms with Crippen LogP contribution in [0, 0.1) is 25.2 Å². The van der Waals surface area contributed by atoms with Gasteiger partial charge in [-0.1, -0.05) is 6.92 Å². The molecule has 2 aliphatic heterocycles. The number of piperazine rings is 1. The molecule has 31 heavy (non-hydrogen) atoms. The lowest BCUT2D eigenvalue weighted by Gasteiger charge is -2.36. The van der Waals surface area contributed by atoms with Gasteiger partial charge in [0.15, 0.2) is 0 Å². The number of aryl methyl sites for hydroxylation is 1. The fourth-order valence-electron chi connectivity index (χ4n) is 4.22. The summed E-state index contributed by atoms with van der Waals surface area (Å²) >= 11 is 0. The Bertz CT molecular complexity index is 869. The van der Waals surface area contributed by atoms with Gasteiger partial charge in [0.25, 0.3) is 5.91 Å². The van der Waals surface area contributed by atoms with Crippen molar-refractivity contribution in [3.63, 3.8) is 0 Å². The number of amides is 2. The average Bonchev–Trinajstić information content (AvgIpc) is 3.05. The lowest BCUT2D eigenvalue weighted by molar-refractivity contribution is -0.137. The second kappa shape index (κ2) is 10.6. The monoisotopic (exact) mass is 427 g/mol. The summed E-state index contributed by atoms with van der Waals surface area (Å²) < 4.78 is 7.52. The Balaban J connectivity index is 1.59. The fourth-order valence-corrected chi connectivity index (χ4v) is 4.22. The molecule has 0 radical (unpaired) electrons. The minimum Gasteiger partial charge on any atom is -0.378 e. The Morgan fingerprint density at radius 1 is 1.10 bits per heavy atom. The van der Waals surface area contributed by atoms with E-state index in [1.54, 1.807) is 11.0 Å². The van der Waals surface area contributed by atoms with Gasteiger partial charge in [0.05, 0.1) is 19.8 Å². The van der Waals surface area contributed by atoms with E-state index in [0.717, 1.165) is 29.9 Å². The molecule has 0 saturated carbocycles. The number of rotatable bonds is 6. The smallest absolute Gasteiger partial charge is 0.264 e. The zero-order chi connectivity index (χ0) is 22.4. The SMILES string of the molecule is CCCn1c(C)cc(/C=C(/C#N)C(=O)N2CCN(CC(=O)N3CCOCC3)CC2)c1C. The van der Waals surface area contributed by atoms with E-state index >= 15 is 0 Å². The lowest BCUT2D eigenvalue weighted by atomic mass is 10.1. The molecule has 1 aromatic heterocycles. The molecule has 8 nitrogen and oxygen atoms in total. The van der Waals surface area contributed by atoms with Crippen LogP contribution < -0.4 is 0 Å². The Hall–Kier alpha value is -2.63. The van der Waals surface area contributed by atoms with Crippen molar-refractivity contribution in [2.24, 2.45) is 0 Å². The van der Waals surface area contributed by atoms with E-state index in [2.05, 4.69) is 22.5 Å². The molecule has 0 atom stereocenters. The zero-order valence-electron chi connectivity index (χ0n) is 18.9. The van der Waals surface area contributed by atoms with Gasteiger partial charge in [0, 0.05) is 57.2 Å². The number of carbonyl (C=O) groups excluding carboxylic acids is 2. The summed E-state index contributed by atoms with van der Waals surface area (Å²) in [6.07, 6.45) is 2.74. The molecule has 1 aromatic rings. The number of ether oxygens (including phenoxy) is 1. The highest BCUT2D eigenvalue weighted by Gasteiger charge is 2.26. The first-order valence-corrected chi connectivity index (χ1v) is 11.1. The third kappa shape index (κ3) is 5.54. The van der Waals surface area contributed by atoms with E-state index in [1.807, 2.05) is 24.8 Å². The van der Waals surface area contributed by atoms with Crippen molar-refractivity contribution in [1.82, 2.24) is 19.3 Å². The molecule has 3 heterocycles. The van der Waals surface area contributed by atoms with Crippen molar-refractivity contribution >= 4 is 17.9 Å². The van der Waals surface area contributed by atoms with E-state index < -0.39 is 0 Å². The predicted molar refractivity (Wildman–Crippen MR) is 118 cm³/mol. The third-order valence-corrected chi connectivity index (χ3v) is 6.09. The van der Waals surface area contributed by atoms with Crippen molar-refractivity contribution in [1.29, 1.82) is 5.26 Å². The summed E-state index contributed by atoms with van der Waals surface area (Å²) in [6, 6.07) is 4.13. The van der Waals surface area contributed by atoms with E-state index in [0.29, 0.717) is 59.0 Å². The van der Waals surface area contributed by atoms with Gasteiger partial charge in [-0.15, -0.1) is 0 Å². The van der Waals surface area contributed by atoms with Crippen molar-refractivity contribution in [3.05, 3.63) is 28.6 Å². The van der Waals surface area contributed by atoms with Gasteiger partial charge in [0.1, 0.15) is 11.6 Å². The average molecular weight is 428 g/mol. The van der Waals surface area contributed by atoms with Crippen molar-refractivity contribution in [2.45, 2.75) is 33.7 Å². The Kier molecular flexibility index (Phi) is 7.88. The van der Waals surface area contributed by atoms with Crippen LogP contribution >= 0.6 is 0 Å². The Morgan fingerprint density at radius 3 is 2.39 bits per heavy atom. The number of aromatic nitrogens is 1. The second-order valence-corrected chi connectivity index (χ2v) is 8.21. The van der Waals surface area contributed by atoms with Crippen LogP contribution in [0.5, 0.6) is 0 Å². The quantitative estimate of drug-likeness (QED) is 0.507. The topological polar surface area (TPSA) is 81.8 Å². The van der Waals surface area contributed by atoms with Gasteiger partial charge in [0.2, 0.25) is 5.91 Å². The van der Waals surface area contributed by atoms with Crippen LogP contribution in [0.3, 0.4) is 0 Å². The molecule has 0 N–H and O–H groups in total. The van der Waals surface area contributed by atoms with Crippen LogP contribution in [0.1, 0.15) is 30.3 Å². The maximum Gasteiger partial charge on any atom is 0.264 e. The minimum absolute atomic E-state index is 0.114. The first kappa shape index (κ1) is 23.0. The van der Waals surface area contributed by atoms with E-state index in [1.165, 1.54) is 0 Å². The molecule has 0 spiro atoms. The molecule has 2 aliphatic rings. The van der Waals surface area contributed by atoms with Gasteiger partial charge in [-0.2, -0.15) is 5.26 Å². The minimum atomic E-state index is -0.234. The number of carbonyl (C=O) groups is 2. The van der Waals surface area contributed by atoms with Gasteiger partial charge in [-0.05, 0) is 38.0 Å². The molecule has 0 aliphatic carbocycles. The molecule has 2 amide bonds. The molecular weight excluding hydrogens is 394 g/mol. The zero-order valence-corrected chi connectivity index (χ0v) is 18.9. The van der Waals surface area contributed by atoms with Crippen LogP contribution in [-0.2, 0) is 20.9 Å². The molecule has 168 valence electrons. The molecule has 0 bridgehead atoms. The molecule has 8 heteroatoms. The first-order valence-electron chi connectivity index (χ1n) is 11.1. The summed E-state index contributed by atoms with van der Waals surface area (Å²) in [4.78, 5) is 31.0. The molecule has 2 fully saturated rings. The van der Waals surface area contributed by atoms with Gasteiger partial charge in [-0.25, -0.2) is 0 Å². The maximum atomic E-state index is 13.0. The standard InChI is InChI=1S/C23H33N5O3/c1-4-5-28-18(2)14-20(19(28)3)15-21(16-24)23(30)27-8-6-25(7-9-27)17-22(29)26-10-12-31-13-11-26/h14-15H,4-13,17H2,1-3H3/b21-15-. The number of nitriles is 1. The second-order valence-electron chi connectivity index (χ2n) is 8.21. The van der Waals surface area contributed by atoms with Crippen molar-refractivity contribution in [3.8, 4) is 6.07 Å². The van der Waals surface area contributed by atoms with Crippen LogP contribution in [0.4, 0.5) is 0 Å². The predicted octanol–water partition coefficient (Wildman–Crippen LogP) is 1.42. The maximum absolute atomic E-state index is 13.0. The summed E-state index contributed by atoms with van der Waals surface area (Å²) in [5.74, 6) is -0.120. The molecule has 2 saturated heterocycles. The summed E-state index contributed by atoms with van der Waals surface area (Å²) in [6.45, 7) is 12.3. The number of hydrogen-bond donors (Lipinski definition) is 0. The Labute approximate surface area is 184 Å². The van der Waals surface area contributed by atoms with Crippen molar-refractivity contribution < 1.29 is 14.3 Å². The largest absolute Gasteiger partial charge is 0.378 e. The van der Waals surface area contributed by atoms with Gasteiger partial charge < -0.3 is 19.1 Å². The molecule has 0 unspecified atom stereocenters. The molecule has 0 aromatic carbocycles. The van der Waals surface area contributed by atoms with Gasteiger partial charge >= 0.3 is 0 Å². The summed E-state index contributed by atoms with van der Waals surface area (Å²) in [7, 11) is 0. The highest BCUT2D eigenvalue weighted by Crippen LogP contribution is 2.20. The summed E-state index contributed by atoms with van der Waals surface area (Å²) in [5, 5.41) is 9.63. The van der Waals surface area contributed by atoms with Crippen LogP contribution in [0.25, 0.3) is 6.08 Å². The molecular formula is C23H33N5O3. The van der Waals surface area contributed by atoms with Crippen LogP contribution in [-0.4, -0.2) is 90.1 Å². The highest BCUT2D eigenvalue weighted by atomic mass is 16.5. The Morgan fingerprint density at radius 2 is 1.77 bits per heavy atom. The normalized spacial score (nSPS) is 18.2. The third-order valence-electron chi connectivity index (χ3n) is 6.09. The van der Waals surface area contributed by atoms with E-state index in [-0.39, 0.29) is 17.4 Å². The van der Waals surface area contributed by atoms with E-state index in [4.69, 9.17) is 4.74 Å². The van der Waals surface area contributed by atoms with Crippen molar-refractivity contribution in [2.75, 3.05) is 59.0 Å². The summed E-state index contributed by atoms with van der Waals surface area (Å²) in [5.41, 5.74) is 3.29. The van der Waals surface area contributed by atoms with Crippen LogP contribution in [0.2, 0.25) is 0 Å². The fraction of sp³-hybridized carbons (Fsp3) is 0.609. The highest BCUT2D eigenvalue weighted by molar-refractivity contribution is 6.01. The van der Waals surface area contributed by atoms with Crippen LogP contribution in [0.15, 0.2) is 11.6 Å². The molecule has 3 rings (SSSR count). The number of hydrogen-bond acceptors (Lipinski definition) is 5. The van der Waals surface area contributed by atoms with Gasteiger partial charge in [-0.3, -0.25) is 14.5 Å².